The van der Waals surface area contributed by atoms with Crippen molar-refractivity contribution in [3.8, 4) is 0 Å². The molecule has 0 aromatic carbocycles. The molecule has 1 fully saturated rings. The lowest BCUT2D eigenvalue weighted by molar-refractivity contribution is -0.166. The quantitative estimate of drug-likeness (QED) is 0.394. The Morgan fingerprint density at radius 1 is 1.07 bits per heavy atom. The van der Waals surface area contributed by atoms with Gasteiger partial charge < -0.3 is 18.9 Å². The minimum atomic E-state index is -1.11. The molecule has 1 aliphatic rings. The lowest BCUT2D eigenvalue weighted by Crippen LogP contribution is -2.40. The lowest BCUT2D eigenvalue weighted by atomic mass is 10.1. The molecule has 3 heterocycles. The summed E-state index contributed by atoms with van der Waals surface area (Å²) in [7, 11) is 0. The molecule has 0 N–H and O–H groups in total. The monoisotopic (exact) mass is 396 g/mol. The molecule has 0 saturated carbocycles. The van der Waals surface area contributed by atoms with E-state index in [0.717, 1.165) is 6.33 Å². The predicted molar refractivity (Wildman–Crippen MR) is 86.9 cm³/mol. The summed E-state index contributed by atoms with van der Waals surface area (Å²) in [6.45, 7) is 3.31. The fourth-order valence-electron chi connectivity index (χ4n) is 2.93. The van der Waals surface area contributed by atoms with Crippen molar-refractivity contribution >= 4 is 29.1 Å². The van der Waals surface area contributed by atoms with Gasteiger partial charge in [-0.05, 0) is 0 Å². The van der Waals surface area contributed by atoms with Gasteiger partial charge in [0.05, 0.1) is 6.33 Å². The zero-order valence-corrected chi connectivity index (χ0v) is 15.2. The topological polar surface area (TPSA) is 132 Å². The maximum atomic E-state index is 13.8. The third kappa shape index (κ3) is 3.91. The highest BCUT2D eigenvalue weighted by molar-refractivity contribution is 5.70. The van der Waals surface area contributed by atoms with Gasteiger partial charge in [0, 0.05) is 20.8 Å². The third-order valence-corrected chi connectivity index (χ3v) is 3.93. The van der Waals surface area contributed by atoms with Crippen LogP contribution < -0.4 is 0 Å². The molecule has 0 amide bonds. The molecule has 0 radical (unpaired) electrons. The Morgan fingerprint density at radius 2 is 1.75 bits per heavy atom. The number of hydrogen-bond acceptors (Lipinski definition) is 10. The van der Waals surface area contributed by atoms with E-state index in [-0.39, 0.29) is 17.8 Å². The molecule has 28 heavy (non-hydrogen) atoms. The number of carbonyl (C=O) groups excluding carboxylic acids is 3. The highest BCUT2D eigenvalue weighted by Crippen LogP contribution is 2.35. The Morgan fingerprint density at radius 3 is 2.39 bits per heavy atom. The van der Waals surface area contributed by atoms with Crippen LogP contribution in [0.25, 0.3) is 11.2 Å². The number of aromatic nitrogens is 4. The standard InChI is InChI=1S/C16H17FN4O7/c1-7(22)25-4-10-12(26-8(2)23)13(27-9(3)24)16(28-10)21-6-20-11-14(17)18-5-19-15(11)21/h5-6,10,12-13,16H,4H2,1-3H3/t10-,12-,13-,16-/m1/s1. The summed E-state index contributed by atoms with van der Waals surface area (Å²) in [5.74, 6) is -2.71. The fraction of sp³-hybridized carbons (Fsp3) is 0.500. The Balaban J connectivity index is 2.01. The van der Waals surface area contributed by atoms with E-state index in [1.54, 1.807) is 0 Å². The predicted octanol–water partition coefficient (Wildman–Crippen LogP) is 0.289. The number of carbonyl (C=O) groups is 3. The molecular weight excluding hydrogens is 379 g/mol. The molecule has 150 valence electrons. The fourth-order valence-corrected chi connectivity index (χ4v) is 2.93. The van der Waals surface area contributed by atoms with E-state index in [0.29, 0.717) is 0 Å². The number of imidazole rings is 1. The average Bonchev–Trinajstić information content (AvgIpc) is 3.16. The van der Waals surface area contributed by atoms with Crippen molar-refractivity contribution in [1.29, 1.82) is 0 Å². The maximum Gasteiger partial charge on any atom is 0.303 e. The van der Waals surface area contributed by atoms with Crippen LogP contribution in [-0.2, 0) is 33.3 Å². The van der Waals surface area contributed by atoms with Crippen molar-refractivity contribution in [2.75, 3.05) is 6.61 Å². The number of hydrogen-bond donors (Lipinski definition) is 0. The number of ether oxygens (including phenoxy) is 4. The number of esters is 3. The lowest BCUT2D eigenvalue weighted by Gasteiger charge is -2.23. The van der Waals surface area contributed by atoms with Crippen LogP contribution in [0.2, 0.25) is 0 Å². The largest absolute Gasteiger partial charge is 0.463 e. The summed E-state index contributed by atoms with van der Waals surface area (Å²) in [5.41, 5.74) is -0.0236. The first kappa shape index (κ1) is 19.6. The van der Waals surface area contributed by atoms with Crippen LogP contribution in [0.5, 0.6) is 0 Å². The van der Waals surface area contributed by atoms with Gasteiger partial charge in [-0.15, -0.1) is 0 Å². The molecule has 0 spiro atoms. The molecule has 11 nitrogen and oxygen atoms in total. The van der Waals surface area contributed by atoms with Crippen LogP contribution >= 0.6 is 0 Å². The first-order valence-corrected chi connectivity index (χ1v) is 8.24. The van der Waals surface area contributed by atoms with Crippen molar-refractivity contribution in [1.82, 2.24) is 19.5 Å². The highest BCUT2D eigenvalue weighted by Gasteiger charge is 2.51. The van der Waals surface area contributed by atoms with E-state index in [1.807, 2.05) is 0 Å². The van der Waals surface area contributed by atoms with E-state index < -0.39 is 48.4 Å². The summed E-state index contributed by atoms with van der Waals surface area (Å²) >= 11 is 0. The molecule has 3 rings (SSSR count). The second-order valence-electron chi connectivity index (χ2n) is 6.00. The van der Waals surface area contributed by atoms with Gasteiger partial charge in [0.1, 0.15) is 19.0 Å². The molecule has 0 aliphatic carbocycles. The first-order chi connectivity index (χ1) is 13.3. The molecule has 1 aliphatic heterocycles. The van der Waals surface area contributed by atoms with Crippen LogP contribution in [0.1, 0.15) is 27.0 Å². The Kier molecular flexibility index (Phi) is 5.49. The molecule has 4 atom stereocenters. The molecular formula is C16H17FN4O7. The van der Waals surface area contributed by atoms with Crippen molar-refractivity contribution in [3.63, 3.8) is 0 Å². The maximum absolute atomic E-state index is 13.8. The molecule has 0 bridgehead atoms. The minimum Gasteiger partial charge on any atom is -0.463 e. The van der Waals surface area contributed by atoms with Crippen LogP contribution in [0.15, 0.2) is 12.7 Å². The van der Waals surface area contributed by atoms with Gasteiger partial charge in [-0.25, -0.2) is 15.0 Å². The minimum absolute atomic E-state index is 0.0874. The molecule has 12 heteroatoms. The second-order valence-corrected chi connectivity index (χ2v) is 6.00. The number of nitrogens with zero attached hydrogens (tertiary/aromatic N) is 4. The van der Waals surface area contributed by atoms with Gasteiger partial charge in [-0.3, -0.25) is 19.0 Å². The number of fused-ring (bicyclic) bond motifs is 1. The summed E-state index contributed by atoms with van der Waals surface area (Å²) in [4.78, 5) is 45.7. The van der Waals surface area contributed by atoms with Crippen LogP contribution in [-0.4, -0.2) is 62.3 Å². The van der Waals surface area contributed by atoms with E-state index in [2.05, 4.69) is 15.0 Å². The molecule has 2 aromatic heterocycles. The van der Waals surface area contributed by atoms with Gasteiger partial charge in [0.25, 0.3) is 0 Å². The van der Waals surface area contributed by atoms with Crippen molar-refractivity contribution in [3.05, 3.63) is 18.6 Å². The van der Waals surface area contributed by atoms with Gasteiger partial charge in [-0.1, -0.05) is 0 Å². The molecule has 2 aromatic rings. The van der Waals surface area contributed by atoms with E-state index in [4.69, 9.17) is 18.9 Å². The summed E-state index contributed by atoms with van der Waals surface area (Å²) < 4.78 is 36.5. The van der Waals surface area contributed by atoms with Crippen LogP contribution in [0.4, 0.5) is 4.39 Å². The zero-order valence-electron chi connectivity index (χ0n) is 15.2. The number of rotatable bonds is 5. The summed E-state index contributed by atoms with van der Waals surface area (Å²) in [6.07, 6.45) is -1.94. The average molecular weight is 396 g/mol. The van der Waals surface area contributed by atoms with Crippen LogP contribution in [0, 0.1) is 5.95 Å². The highest BCUT2D eigenvalue weighted by atomic mass is 19.1. The summed E-state index contributed by atoms with van der Waals surface area (Å²) in [6, 6.07) is 0. The van der Waals surface area contributed by atoms with Crippen molar-refractivity contribution < 1.29 is 37.7 Å². The van der Waals surface area contributed by atoms with Crippen molar-refractivity contribution in [2.45, 2.75) is 45.3 Å². The van der Waals surface area contributed by atoms with Gasteiger partial charge in [0.2, 0.25) is 5.95 Å². The third-order valence-electron chi connectivity index (χ3n) is 3.93. The van der Waals surface area contributed by atoms with Gasteiger partial charge in [0.15, 0.2) is 29.6 Å². The molecule has 1 saturated heterocycles. The van der Waals surface area contributed by atoms with Crippen molar-refractivity contribution in [2.24, 2.45) is 0 Å². The normalized spacial score (nSPS) is 24.1. The number of halogens is 1. The van der Waals surface area contributed by atoms with Gasteiger partial charge >= 0.3 is 17.9 Å². The smallest absolute Gasteiger partial charge is 0.303 e. The van der Waals surface area contributed by atoms with Gasteiger partial charge in [-0.2, -0.15) is 4.39 Å². The SMILES string of the molecule is CC(=O)OC[C@H]1O[C@@H](n2cnc3c(F)ncnc32)[C@H](OC(C)=O)[C@@H]1OC(C)=O. The van der Waals surface area contributed by atoms with Crippen LogP contribution in [0.3, 0.4) is 0 Å². The Labute approximate surface area is 157 Å². The first-order valence-electron chi connectivity index (χ1n) is 8.24. The Hall–Kier alpha value is -3.15. The van der Waals surface area contributed by atoms with E-state index >= 15 is 0 Å². The summed E-state index contributed by atoms with van der Waals surface area (Å²) in [5, 5.41) is 0. The van der Waals surface area contributed by atoms with E-state index in [9.17, 15) is 18.8 Å². The Bertz CT molecular complexity index is 918. The molecule has 0 unspecified atom stereocenters. The zero-order chi connectivity index (χ0) is 20.4. The second kappa shape index (κ2) is 7.84. The van der Waals surface area contributed by atoms with E-state index in [1.165, 1.54) is 31.7 Å².